The van der Waals surface area contributed by atoms with Gasteiger partial charge in [0.2, 0.25) is 0 Å². The number of aliphatic hydroxyl groups excluding tert-OH is 1. The van der Waals surface area contributed by atoms with Crippen molar-refractivity contribution in [3.05, 3.63) is 22.4 Å². The Morgan fingerprint density at radius 1 is 1.35 bits per heavy atom. The smallest absolute Gasteiger partial charge is 0.282 e. The molecule has 0 spiro atoms. The Bertz CT molecular complexity index is 619. The molecule has 2 aliphatic rings. The first-order chi connectivity index (χ1) is 10.9. The molecule has 6 nitrogen and oxygen atoms in total. The first-order valence-corrected chi connectivity index (χ1v) is 10.3. The minimum Gasteiger partial charge on any atom is -0.396 e. The largest absolute Gasteiger partial charge is 0.396 e. The van der Waals surface area contributed by atoms with E-state index in [9.17, 15) is 13.5 Å². The van der Waals surface area contributed by atoms with Crippen LogP contribution >= 0.6 is 11.3 Å². The highest BCUT2D eigenvalue weighted by atomic mass is 32.2. The van der Waals surface area contributed by atoms with E-state index in [1.807, 2.05) is 30.7 Å². The molecule has 0 radical (unpaired) electrons. The van der Waals surface area contributed by atoms with Crippen LogP contribution in [0.1, 0.15) is 25.3 Å². The van der Waals surface area contributed by atoms with Crippen molar-refractivity contribution in [3.8, 4) is 0 Å². The normalized spacial score (nSPS) is 34.0. The molecular formula is C15H24N2O4S2. The van der Waals surface area contributed by atoms with Crippen LogP contribution in [0.15, 0.2) is 16.8 Å². The van der Waals surface area contributed by atoms with Crippen molar-refractivity contribution in [3.63, 3.8) is 0 Å². The number of aliphatic hydroxyl groups is 1. The Morgan fingerprint density at radius 3 is 2.78 bits per heavy atom. The summed E-state index contributed by atoms with van der Waals surface area (Å²) in [6.45, 7) is 5.38. The summed E-state index contributed by atoms with van der Waals surface area (Å²) >= 11 is 1.60. The molecular weight excluding hydrogens is 336 g/mol. The second kappa shape index (κ2) is 6.78. The van der Waals surface area contributed by atoms with Crippen molar-refractivity contribution in [2.45, 2.75) is 31.9 Å². The summed E-state index contributed by atoms with van der Waals surface area (Å²) in [6, 6.07) is 1.86. The minimum absolute atomic E-state index is 0.00159. The van der Waals surface area contributed by atoms with E-state index in [1.54, 1.807) is 15.6 Å². The zero-order valence-electron chi connectivity index (χ0n) is 13.5. The molecule has 3 heterocycles. The number of hydrogen-bond donors (Lipinski definition) is 1. The number of morpholine rings is 1. The van der Waals surface area contributed by atoms with Gasteiger partial charge >= 0.3 is 0 Å². The Kier molecular flexibility index (Phi) is 5.10. The Hall–Kier alpha value is -0.510. The van der Waals surface area contributed by atoms with E-state index in [1.165, 1.54) is 4.31 Å². The standard InChI is InChI=1S/C15H24N2O4S2/c1-11-9-21-12(2)5-17(11)23(19,20)16-6-14(8-18)15(7-16)13-3-4-22-10-13/h3-4,10-12,14-15,18H,5-9H2,1-2H3/t11-,12+,14+,15-/m0/s1. The lowest BCUT2D eigenvalue weighted by Crippen LogP contribution is -2.54. The first-order valence-electron chi connectivity index (χ1n) is 7.95. The molecule has 130 valence electrons. The van der Waals surface area contributed by atoms with Crippen LogP contribution in [0.2, 0.25) is 0 Å². The summed E-state index contributed by atoms with van der Waals surface area (Å²) in [5.74, 6) is 0.0166. The highest BCUT2D eigenvalue weighted by Crippen LogP contribution is 2.36. The van der Waals surface area contributed by atoms with Crippen LogP contribution in [0.3, 0.4) is 0 Å². The van der Waals surface area contributed by atoms with Gasteiger partial charge in [0.25, 0.3) is 10.2 Å². The second-order valence-corrected chi connectivity index (χ2v) is 9.15. The molecule has 0 saturated carbocycles. The first kappa shape index (κ1) is 17.3. The van der Waals surface area contributed by atoms with Gasteiger partial charge in [0.1, 0.15) is 0 Å². The minimum atomic E-state index is -3.53. The third-order valence-corrected chi connectivity index (χ3v) is 7.54. The lowest BCUT2D eigenvalue weighted by molar-refractivity contribution is -0.0189. The van der Waals surface area contributed by atoms with Crippen molar-refractivity contribution < 1.29 is 18.3 Å². The Labute approximate surface area is 141 Å². The number of rotatable bonds is 4. The Morgan fingerprint density at radius 2 is 2.13 bits per heavy atom. The molecule has 1 aromatic rings. The molecule has 4 atom stereocenters. The van der Waals surface area contributed by atoms with Gasteiger partial charge in [-0.05, 0) is 36.2 Å². The quantitative estimate of drug-likeness (QED) is 0.873. The van der Waals surface area contributed by atoms with E-state index in [0.717, 1.165) is 5.56 Å². The van der Waals surface area contributed by atoms with Crippen LogP contribution in [0.4, 0.5) is 0 Å². The molecule has 23 heavy (non-hydrogen) atoms. The van der Waals surface area contributed by atoms with E-state index in [2.05, 4.69) is 0 Å². The summed E-state index contributed by atoms with van der Waals surface area (Å²) in [5, 5.41) is 13.7. The lowest BCUT2D eigenvalue weighted by atomic mass is 9.92. The molecule has 0 aliphatic carbocycles. The molecule has 1 aromatic heterocycles. The molecule has 8 heteroatoms. The number of nitrogens with zero attached hydrogens (tertiary/aromatic N) is 2. The second-order valence-electron chi connectivity index (χ2n) is 6.49. The van der Waals surface area contributed by atoms with Gasteiger partial charge in [0.15, 0.2) is 0 Å². The average Bonchev–Trinajstić information content (AvgIpc) is 3.17. The fourth-order valence-electron chi connectivity index (χ4n) is 3.41. The van der Waals surface area contributed by atoms with Gasteiger partial charge in [0.05, 0.1) is 12.7 Å². The summed E-state index contributed by atoms with van der Waals surface area (Å²) in [7, 11) is -3.53. The van der Waals surface area contributed by atoms with E-state index in [0.29, 0.717) is 26.2 Å². The van der Waals surface area contributed by atoms with Crippen LogP contribution < -0.4 is 0 Å². The number of ether oxygens (including phenoxy) is 1. The van der Waals surface area contributed by atoms with Crippen LogP contribution in [-0.2, 0) is 14.9 Å². The monoisotopic (exact) mass is 360 g/mol. The van der Waals surface area contributed by atoms with Crippen molar-refractivity contribution in [1.29, 1.82) is 0 Å². The van der Waals surface area contributed by atoms with E-state index >= 15 is 0 Å². The molecule has 0 unspecified atom stereocenters. The fraction of sp³-hybridized carbons (Fsp3) is 0.733. The van der Waals surface area contributed by atoms with Crippen LogP contribution in [-0.4, -0.2) is 67.1 Å². The van der Waals surface area contributed by atoms with Crippen molar-refractivity contribution in [2.75, 3.05) is 32.8 Å². The molecule has 2 saturated heterocycles. The molecule has 0 bridgehead atoms. The Balaban J connectivity index is 1.81. The van der Waals surface area contributed by atoms with E-state index in [4.69, 9.17) is 4.74 Å². The van der Waals surface area contributed by atoms with Crippen molar-refractivity contribution in [1.82, 2.24) is 8.61 Å². The molecule has 2 aliphatic heterocycles. The molecule has 2 fully saturated rings. The van der Waals surface area contributed by atoms with Crippen LogP contribution in [0.25, 0.3) is 0 Å². The SMILES string of the molecule is C[C@@H]1CN(S(=O)(=O)N2C[C@H](CO)[C@H](c3ccsc3)C2)[C@@H](C)CO1. The zero-order chi connectivity index (χ0) is 16.6. The molecule has 0 aromatic carbocycles. The topological polar surface area (TPSA) is 70.1 Å². The predicted octanol–water partition coefficient (Wildman–Crippen LogP) is 1.11. The summed E-state index contributed by atoms with van der Waals surface area (Å²) in [5.41, 5.74) is 1.12. The van der Waals surface area contributed by atoms with E-state index < -0.39 is 10.2 Å². The molecule has 1 N–H and O–H groups in total. The van der Waals surface area contributed by atoms with Gasteiger partial charge in [-0.25, -0.2) is 0 Å². The molecule has 0 amide bonds. The predicted molar refractivity (Wildman–Crippen MR) is 89.7 cm³/mol. The van der Waals surface area contributed by atoms with E-state index in [-0.39, 0.29) is 30.6 Å². The van der Waals surface area contributed by atoms with Gasteiger partial charge in [-0.3, -0.25) is 0 Å². The molecule has 3 rings (SSSR count). The van der Waals surface area contributed by atoms with Gasteiger partial charge in [-0.1, -0.05) is 0 Å². The van der Waals surface area contributed by atoms with Gasteiger partial charge in [0, 0.05) is 44.1 Å². The van der Waals surface area contributed by atoms with Crippen molar-refractivity contribution >= 4 is 21.5 Å². The van der Waals surface area contributed by atoms with Gasteiger partial charge < -0.3 is 9.84 Å². The third kappa shape index (κ3) is 3.33. The van der Waals surface area contributed by atoms with Gasteiger partial charge in [-0.2, -0.15) is 28.4 Å². The maximum Gasteiger partial charge on any atom is 0.282 e. The van der Waals surface area contributed by atoms with Crippen molar-refractivity contribution in [2.24, 2.45) is 5.92 Å². The summed E-state index contributed by atoms with van der Waals surface area (Å²) in [6.07, 6.45) is -0.0927. The maximum absolute atomic E-state index is 13.0. The number of hydrogen-bond acceptors (Lipinski definition) is 5. The number of thiophene rings is 1. The van der Waals surface area contributed by atoms with Crippen LogP contribution in [0, 0.1) is 5.92 Å². The third-order valence-electron chi connectivity index (χ3n) is 4.79. The van der Waals surface area contributed by atoms with Gasteiger partial charge in [-0.15, -0.1) is 0 Å². The fourth-order valence-corrected chi connectivity index (χ4v) is 6.08. The highest BCUT2D eigenvalue weighted by molar-refractivity contribution is 7.86. The highest BCUT2D eigenvalue weighted by Gasteiger charge is 2.44. The van der Waals surface area contributed by atoms with Crippen LogP contribution in [0.5, 0.6) is 0 Å². The zero-order valence-corrected chi connectivity index (χ0v) is 15.1. The summed E-state index contributed by atoms with van der Waals surface area (Å²) < 4.78 is 34.7. The lowest BCUT2D eigenvalue weighted by Gasteiger charge is -2.37. The summed E-state index contributed by atoms with van der Waals surface area (Å²) in [4.78, 5) is 0. The maximum atomic E-state index is 13.0. The average molecular weight is 361 g/mol.